The zero-order valence-electron chi connectivity index (χ0n) is 14.2. The molecule has 0 bridgehead atoms. The summed E-state index contributed by atoms with van der Waals surface area (Å²) in [5.74, 6) is 0.599. The van der Waals surface area contributed by atoms with E-state index in [0.29, 0.717) is 37.0 Å². The van der Waals surface area contributed by atoms with Gasteiger partial charge in [-0.25, -0.2) is 4.98 Å². The highest BCUT2D eigenvalue weighted by Gasteiger charge is 2.26. The molecule has 2 heterocycles. The fourth-order valence-electron chi connectivity index (χ4n) is 2.57. The maximum atomic E-state index is 12.5. The number of rotatable bonds is 4. The number of nitrogens with zero attached hydrogens (tertiary/aromatic N) is 3. The number of benzene rings is 1. The molecule has 132 valence electrons. The molecule has 1 saturated heterocycles. The summed E-state index contributed by atoms with van der Waals surface area (Å²) in [4.78, 5) is 22.5. The number of hydrogen-bond donors (Lipinski definition) is 0. The quantitative estimate of drug-likeness (QED) is 0.837. The first-order valence-corrected chi connectivity index (χ1v) is 8.49. The first-order chi connectivity index (χ1) is 12.0. The van der Waals surface area contributed by atoms with Crippen molar-refractivity contribution in [2.45, 2.75) is 20.0 Å². The van der Waals surface area contributed by atoms with E-state index in [1.807, 2.05) is 26.0 Å². The second kappa shape index (κ2) is 7.80. The summed E-state index contributed by atoms with van der Waals surface area (Å²) in [6, 6.07) is 5.51. The van der Waals surface area contributed by atoms with Gasteiger partial charge in [0.05, 0.1) is 25.0 Å². The Morgan fingerprint density at radius 2 is 2.20 bits per heavy atom. The van der Waals surface area contributed by atoms with Gasteiger partial charge in [0.1, 0.15) is 24.2 Å². The summed E-state index contributed by atoms with van der Waals surface area (Å²) in [7, 11) is 0. The highest BCUT2D eigenvalue weighted by molar-refractivity contribution is 6.31. The molecule has 1 aliphatic rings. The monoisotopic (exact) mass is 361 g/mol. The van der Waals surface area contributed by atoms with E-state index in [9.17, 15) is 4.79 Å². The SMILES string of the molecule is Cc1cnc(C(=O)N2CCOC(COc3ccc(Cl)c(C)c3)C2)cn1. The van der Waals surface area contributed by atoms with Crippen LogP contribution in [0.2, 0.25) is 5.02 Å². The first kappa shape index (κ1) is 17.6. The Balaban J connectivity index is 1.58. The number of amides is 1. The van der Waals surface area contributed by atoms with Gasteiger partial charge in [-0.3, -0.25) is 9.78 Å². The first-order valence-electron chi connectivity index (χ1n) is 8.11. The minimum absolute atomic E-state index is 0.136. The van der Waals surface area contributed by atoms with Crippen molar-refractivity contribution < 1.29 is 14.3 Å². The molecular weight excluding hydrogens is 342 g/mol. The van der Waals surface area contributed by atoms with Crippen molar-refractivity contribution in [3.8, 4) is 5.75 Å². The molecular formula is C18H20ClN3O3. The van der Waals surface area contributed by atoms with Gasteiger partial charge in [0.15, 0.2) is 0 Å². The molecule has 7 heteroatoms. The maximum Gasteiger partial charge on any atom is 0.274 e. The van der Waals surface area contributed by atoms with Crippen molar-refractivity contribution in [3.05, 3.63) is 52.6 Å². The van der Waals surface area contributed by atoms with Crippen molar-refractivity contribution in [2.75, 3.05) is 26.3 Å². The fraction of sp³-hybridized carbons (Fsp3) is 0.389. The predicted octanol–water partition coefficient (Wildman–Crippen LogP) is 2.67. The molecule has 6 nitrogen and oxygen atoms in total. The van der Waals surface area contributed by atoms with E-state index >= 15 is 0 Å². The van der Waals surface area contributed by atoms with Gasteiger partial charge in [-0.2, -0.15) is 0 Å². The minimum atomic E-state index is -0.188. The van der Waals surface area contributed by atoms with E-state index in [4.69, 9.17) is 21.1 Å². The zero-order valence-corrected chi connectivity index (χ0v) is 15.0. The lowest BCUT2D eigenvalue weighted by atomic mass is 10.2. The number of halogens is 1. The summed E-state index contributed by atoms with van der Waals surface area (Å²) in [6.07, 6.45) is 2.92. The summed E-state index contributed by atoms with van der Waals surface area (Å²) < 4.78 is 11.5. The average Bonchev–Trinajstić information content (AvgIpc) is 2.63. The van der Waals surface area contributed by atoms with Crippen LogP contribution in [0.1, 0.15) is 21.7 Å². The van der Waals surface area contributed by atoms with Gasteiger partial charge in [-0.1, -0.05) is 11.6 Å². The van der Waals surface area contributed by atoms with E-state index in [2.05, 4.69) is 9.97 Å². The number of ether oxygens (including phenoxy) is 2. The van der Waals surface area contributed by atoms with Crippen LogP contribution in [0.15, 0.2) is 30.6 Å². The van der Waals surface area contributed by atoms with Crippen LogP contribution in [0.25, 0.3) is 0 Å². The largest absolute Gasteiger partial charge is 0.491 e. The molecule has 1 aromatic heterocycles. The van der Waals surface area contributed by atoms with Crippen LogP contribution in [0.4, 0.5) is 0 Å². The number of hydrogen-bond acceptors (Lipinski definition) is 5. The van der Waals surface area contributed by atoms with E-state index in [1.54, 1.807) is 17.2 Å². The topological polar surface area (TPSA) is 64.6 Å². The predicted molar refractivity (Wildman–Crippen MR) is 94.1 cm³/mol. The number of carbonyl (C=O) groups excluding carboxylic acids is 1. The summed E-state index contributed by atoms with van der Waals surface area (Å²) in [5.41, 5.74) is 2.09. The van der Waals surface area contributed by atoms with Gasteiger partial charge in [0.2, 0.25) is 0 Å². The molecule has 0 aliphatic carbocycles. The molecule has 0 spiro atoms. The van der Waals surface area contributed by atoms with Crippen LogP contribution < -0.4 is 4.74 Å². The molecule has 1 aliphatic heterocycles. The Morgan fingerprint density at radius 3 is 2.92 bits per heavy atom. The van der Waals surface area contributed by atoms with Crippen LogP contribution >= 0.6 is 11.6 Å². The summed E-state index contributed by atoms with van der Waals surface area (Å²) in [6.45, 7) is 5.59. The van der Waals surface area contributed by atoms with E-state index < -0.39 is 0 Å². The number of morpholine rings is 1. The van der Waals surface area contributed by atoms with E-state index in [0.717, 1.165) is 17.0 Å². The second-order valence-corrected chi connectivity index (χ2v) is 6.42. The van der Waals surface area contributed by atoms with Gasteiger partial charge in [-0.05, 0) is 37.6 Å². The molecule has 0 radical (unpaired) electrons. The third-order valence-corrected chi connectivity index (χ3v) is 4.42. The maximum absolute atomic E-state index is 12.5. The molecule has 3 rings (SSSR count). The van der Waals surface area contributed by atoms with Crippen LogP contribution in [-0.4, -0.2) is 53.2 Å². The Labute approximate surface area is 151 Å². The Bertz CT molecular complexity index is 752. The highest BCUT2D eigenvalue weighted by Crippen LogP contribution is 2.21. The van der Waals surface area contributed by atoms with Gasteiger partial charge in [-0.15, -0.1) is 0 Å². The Kier molecular flexibility index (Phi) is 5.50. The summed E-state index contributed by atoms with van der Waals surface area (Å²) >= 11 is 6.02. The Morgan fingerprint density at radius 1 is 1.36 bits per heavy atom. The van der Waals surface area contributed by atoms with Gasteiger partial charge < -0.3 is 14.4 Å². The van der Waals surface area contributed by atoms with Crippen molar-refractivity contribution in [3.63, 3.8) is 0 Å². The average molecular weight is 362 g/mol. The smallest absolute Gasteiger partial charge is 0.274 e. The molecule has 2 aromatic rings. The third kappa shape index (κ3) is 4.46. The fourth-order valence-corrected chi connectivity index (χ4v) is 2.68. The molecule has 0 N–H and O–H groups in total. The lowest BCUT2D eigenvalue weighted by molar-refractivity contribution is -0.0402. The van der Waals surface area contributed by atoms with Gasteiger partial charge in [0, 0.05) is 17.8 Å². The van der Waals surface area contributed by atoms with Crippen LogP contribution in [0.5, 0.6) is 5.75 Å². The van der Waals surface area contributed by atoms with Crippen LogP contribution in [0, 0.1) is 13.8 Å². The normalized spacial score (nSPS) is 17.4. The molecule has 1 atom stereocenters. The third-order valence-electron chi connectivity index (χ3n) is 3.99. The van der Waals surface area contributed by atoms with E-state index in [1.165, 1.54) is 6.20 Å². The molecule has 1 unspecified atom stereocenters. The molecule has 1 fully saturated rings. The Hall–Kier alpha value is -2.18. The van der Waals surface area contributed by atoms with Crippen molar-refractivity contribution >= 4 is 17.5 Å². The zero-order chi connectivity index (χ0) is 17.8. The lowest BCUT2D eigenvalue weighted by Gasteiger charge is -2.32. The standard InChI is InChI=1S/C18H20ClN3O3/c1-12-7-14(3-4-16(12)19)25-11-15-10-22(5-6-24-15)18(23)17-9-20-13(2)8-21-17/h3-4,7-9,15H,5-6,10-11H2,1-2H3. The molecule has 1 amide bonds. The number of carbonyl (C=O) groups is 1. The van der Waals surface area contributed by atoms with Gasteiger partial charge in [0.25, 0.3) is 5.91 Å². The highest BCUT2D eigenvalue weighted by atomic mass is 35.5. The van der Waals surface area contributed by atoms with Crippen molar-refractivity contribution in [1.82, 2.24) is 14.9 Å². The van der Waals surface area contributed by atoms with Crippen LogP contribution in [0.3, 0.4) is 0 Å². The second-order valence-electron chi connectivity index (χ2n) is 6.01. The van der Waals surface area contributed by atoms with Crippen molar-refractivity contribution in [2.24, 2.45) is 0 Å². The number of aryl methyl sites for hydroxylation is 2. The van der Waals surface area contributed by atoms with Crippen molar-refractivity contribution in [1.29, 1.82) is 0 Å². The lowest BCUT2D eigenvalue weighted by Crippen LogP contribution is -2.47. The molecule has 0 saturated carbocycles. The van der Waals surface area contributed by atoms with Crippen LogP contribution in [-0.2, 0) is 4.74 Å². The van der Waals surface area contributed by atoms with E-state index in [-0.39, 0.29) is 12.0 Å². The van der Waals surface area contributed by atoms with Gasteiger partial charge >= 0.3 is 0 Å². The molecule has 25 heavy (non-hydrogen) atoms. The minimum Gasteiger partial charge on any atom is -0.491 e. The molecule has 1 aromatic carbocycles. The number of aromatic nitrogens is 2. The summed E-state index contributed by atoms with van der Waals surface area (Å²) in [5, 5.41) is 0.706.